The van der Waals surface area contributed by atoms with Gasteiger partial charge in [-0.05, 0) is 30.7 Å². The number of methoxy groups -OCH3 is 1. The molecule has 0 fully saturated rings. The van der Waals surface area contributed by atoms with Crippen molar-refractivity contribution in [2.45, 2.75) is 17.7 Å². The summed E-state index contributed by atoms with van der Waals surface area (Å²) in [5, 5.41) is 0. The van der Waals surface area contributed by atoms with E-state index in [-0.39, 0.29) is 33.6 Å². The van der Waals surface area contributed by atoms with E-state index in [0.717, 1.165) is 12.1 Å². The third kappa shape index (κ3) is 3.55. The van der Waals surface area contributed by atoms with Gasteiger partial charge in [0.25, 0.3) is 10.0 Å². The van der Waals surface area contributed by atoms with E-state index >= 15 is 0 Å². The van der Waals surface area contributed by atoms with Gasteiger partial charge in [0.2, 0.25) is 5.88 Å². The second-order valence-corrected chi connectivity index (χ2v) is 7.00. The number of rotatable bonds is 4. The number of ether oxygens (including phenoxy) is 2. The van der Waals surface area contributed by atoms with Crippen molar-refractivity contribution in [3.05, 3.63) is 41.8 Å². The molecule has 0 saturated carbocycles. The number of carbonyl (C=O) groups excluding carboxylic acids is 1. The highest BCUT2D eigenvalue weighted by molar-refractivity contribution is 7.92. The SMILES string of the molecule is COc1ccc(F)cc1S(=O)(=O)Nc1cnc2c(c1)C(=O)CCCO2. The fraction of sp³-hybridized carbons (Fsp3) is 0.250. The number of carbonyl (C=O) groups is 1. The summed E-state index contributed by atoms with van der Waals surface area (Å²) < 4.78 is 51.2. The Morgan fingerprint density at radius 2 is 2.12 bits per heavy atom. The maximum absolute atomic E-state index is 13.5. The number of pyridine rings is 1. The summed E-state index contributed by atoms with van der Waals surface area (Å²) in [5.41, 5.74) is 0.285. The molecule has 7 nitrogen and oxygen atoms in total. The van der Waals surface area contributed by atoms with Crippen molar-refractivity contribution in [2.75, 3.05) is 18.4 Å². The van der Waals surface area contributed by atoms with Gasteiger partial charge in [0.1, 0.15) is 16.5 Å². The van der Waals surface area contributed by atoms with Crippen LogP contribution in [-0.2, 0) is 10.0 Å². The van der Waals surface area contributed by atoms with Gasteiger partial charge in [0.15, 0.2) is 5.78 Å². The van der Waals surface area contributed by atoms with Crippen LogP contribution >= 0.6 is 0 Å². The van der Waals surface area contributed by atoms with Crippen LogP contribution in [0.15, 0.2) is 35.4 Å². The van der Waals surface area contributed by atoms with Gasteiger partial charge in [-0.15, -0.1) is 0 Å². The summed E-state index contributed by atoms with van der Waals surface area (Å²) in [5.74, 6) is -0.723. The second kappa shape index (κ2) is 6.67. The van der Waals surface area contributed by atoms with Gasteiger partial charge in [-0.2, -0.15) is 0 Å². The average molecular weight is 366 g/mol. The lowest BCUT2D eigenvalue weighted by Gasteiger charge is -2.12. The minimum atomic E-state index is -4.14. The number of Topliss-reactive ketones (excluding diaryl/α,β-unsaturated/α-hetero) is 1. The molecule has 1 aliphatic rings. The number of hydrogen-bond donors (Lipinski definition) is 1. The second-order valence-electron chi connectivity index (χ2n) is 5.35. The minimum Gasteiger partial charge on any atom is -0.495 e. The van der Waals surface area contributed by atoms with E-state index in [1.54, 1.807) is 0 Å². The van der Waals surface area contributed by atoms with E-state index in [2.05, 4.69) is 9.71 Å². The van der Waals surface area contributed by atoms with Gasteiger partial charge in [-0.1, -0.05) is 0 Å². The number of nitrogens with zero attached hydrogens (tertiary/aromatic N) is 1. The summed E-state index contributed by atoms with van der Waals surface area (Å²) >= 11 is 0. The first-order valence-corrected chi connectivity index (χ1v) is 8.91. The molecular formula is C16H15FN2O5S. The normalized spacial score (nSPS) is 14.2. The first-order valence-electron chi connectivity index (χ1n) is 7.43. The number of sulfonamides is 1. The first kappa shape index (κ1) is 17.2. The highest BCUT2D eigenvalue weighted by Gasteiger charge is 2.23. The molecule has 0 aliphatic carbocycles. The van der Waals surface area contributed by atoms with Crippen LogP contribution in [0.5, 0.6) is 11.6 Å². The van der Waals surface area contributed by atoms with E-state index in [1.807, 2.05) is 0 Å². The summed E-state index contributed by atoms with van der Waals surface area (Å²) in [6.07, 6.45) is 2.10. The molecule has 9 heteroatoms. The summed E-state index contributed by atoms with van der Waals surface area (Å²) in [6.45, 7) is 0.372. The Labute approximate surface area is 143 Å². The molecule has 1 aliphatic heterocycles. The molecule has 1 aromatic carbocycles. The van der Waals surface area contributed by atoms with E-state index in [0.29, 0.717) is 19.4 Å². The lowest BCUT2D eigenvalue weighted by atomic mass is 10.1. The smallest absolute Gasteiger partial charge is 0.265 e. The van der Waals surface area contributed by atoms with Crippen LogP contribution in [-0.4, -0.2) is 32.9 Å². The Bertz CT molecular complexity index is 930. The van der Waals surface area contributed by atoms with Gasteiger partial charge in [0.05, 0.1) is 31.2 Å². The maximum Gasteiger partial charge on any atom is 0.265 e. The van der Waals surface area contributed by atoms with Crippen molar-refractivity contribution in [2.24, 2.45) is 0 Å². The minimum absolute atomic E-state index is 0.00368. The van der Waals surface area contributed by atoms with Crippen LogP contribution in [0.2, 0.25) is 0 Å². The molecule has 0 radical (unpaired) electrons. The number of benzene rings is 1. The van der Waals surface area contributed by atoms with Gasteiger partial charge in [-0.3, -0.25) is 9.52 Å². The number of hydrogen-bond acceptors (Lipinski definition) is 6. The van der Waals surface area contributed by atoms with Gasteiger partial charge in [0, 0.05) is 6.42 Å². The molecular weight excluding hydrogens is 351 g/mol. The van der Waals surface area contributed by atoms with E-state index in [4.69, 9.17) is 9.47 Å². The van der Waals surface area contributed by atoms with Crippen molar-refractivity contribution in [1.29, 1.82) is 0 Å². The number of anilines is 1. The van der Waals surface area contributed by atoms with Crippen molar-refractivity contribution in [3.63, 3.8) is 0 Å². The molecule has 0 spiro atoms. The van der Waals surface area contributed by atoms with Crippen LogP contribution in [0.1, 0.15) is 23.2 Å². The standard InChI is InChI=1S/C16H15FN2O5S/c1-23-14-5-4-10(17)7-15(14)25(21,22)19-11-8-12-13(20)3-2-6-24-16(12)18-9-11/h4-5,7-9,19H,2-3,6H2,1H3. The summed E-state index contributed by atoms with van der Waals surface area (Å²) in [6, 6.07) is 4.53. The van der Waals surface area contributed by atoms with Gasteiger partial charge < -0.3 is 9.47 Å². The highest BCUT2D eigenvalue weighted by atomic mass is 32.2. The zero-order chi connectivity index (χ0) is 18.0. The highest BCUT2D eigenvalue weighted by Crippen LogP contribution is 2.29. The molecule has 3 rings (SSSR count). The van der Waals surface area contributed by atoms with Gasteiger partial charge in [-0.25, -0.2) is 17.8 Å². The van der Waals surface area contributed by atoms with Crippen molar-refractivity contribution >= 4 is 21.5 Å². The Kier molecular flexibility index (Phi) is 4.58. The average Bonchev–Trinajstić information content (AvgIpc) is 2.76. The number of nitrogens with one attached hydrogen (secondary N) is 1. The lowest BCUT2D eigenvalue weighted by Crippen LogP contribution is -2.15. The predicted molar refractivity (Wildman–Crippen MR) is 87.1 cm³/mol. The number of aromatic nitrogens is 1. The molecule has 0 unspecified atom stereocenters. The number of halogens is 1. The molecule has 2 heterocycles. The Hall–Kier alpha value is -2.68. The molecule has 25 heavy (non-hydrogen) atoms. The topological polar surface area (TPSA) is 94.6 Å². The molecule has 0 bridgehead atoms. The summed E-state index contributed by atoms with van der Waals surface area (Å²) in [7, 11) is -2.85. The fourth-order valence-corrected chi connectivity index (χ4v) is 3.65. The number of ketones is 1. The maximum atomic E-state index is 13.5. The molecule has 0 atom stereocenters. The van der Waals surface area contributed by atoms with Crippen molar-refractivity contribution in [3.8, 4) is 11.6 Å². The molecule has 1 N–H and O–H groups in total. The first-order chi connectivity index (χ1) is 11.9. The van der Waals surface area contributed by atoms with Crippen LogP contribution in [0.25, 0.3) is 0 Å². The van der Waals surface area contributed by atoms with Crippen LogP contribution < -0.4 is 14.2 Å². The third-order valence-corrected chi connectivity index (χ3v) is 5.01. The quantitative estimate of drug-likeness (QED) is 0.893. The molecule has 1 aromatic heterocycles. The molecule has 0 amide bonds. The van der Waals surface area contributed by atoms with E-state index in [1.165, 1.54) is 25.4 Å². The zero-order valence-corrected chi connectivity index (χ0v) is 14.1. The van der Waals surface area contributed by atoms with Crippen LogP contribution in [0, 0.1) is 5.82 Å². The summed E-state index contributed by atoms with van der Waals surface area (Å²) in [4.78, 5) is 15.7. The predicted octanol–water partition coefficient (Wildman–Crippen LogP) is 2.39. The zero-order valence-electron chi connectivity index (χ0n) is 13.3. The monoisotopic (exact) mass is 366 g/mol. The Balaban J connectivity index is 1.97. The van der Waals surface area contributed by atoms with Crippen molar-refractivity contribution < 1.29 is 27.1 Å². The van der Waals surface area contributed by atoms with E-state index < -0.39 is 15.8 Å². The number of fused-ring (bicyclic) bond motifs is 1. The van der Waals surface area contributed by atoms with Gasteiger partial charge >= 0.3 is 0 Å². The Morgan fingerprint density at radius 3 is 2.88 bits per heavy atom. The van der Waals surface area contributed by atoms with Crippen LogP contribution in [0.3, 0.4) is 0 Å². The van der Waals surface area contributed by atoms with Crippen LogP contribution in [0.4, 0.5) is 10.1 Å². The third-order valence-electron chi connectivity index (χ3n) is 3.61. The largest absolute Gasteiger partial charge is 0.495 e. The molecule has 132 valence electrons. The Morgan fingerprint density at radius 1 is 1.32 bits per heavy atom. The fourth-order valence-electron chi connectivity index (χ4n) is 2.43. The van der Waals surface area contributed by atoms with E-state index in [9.17, 15) is 17.6 Å². The molecule has 0 saturated heterocycles. The molecule has 2 aromatic rings. The lowest BCUT2D eigenvalue weighted by molar-refractivity contribution is 0.0983. The van der Waals surface area contributed by atoms with Crippen molar-refractivity contribution in [1.82, 2.24) is 4.98 Å².